The summed E-state index contributed by atoms with van der Waals surface area (Å²) in [5.74, 6) is -4.18. The van der Waals surface area contributed by atoms with Gasteiger partial charge in [-0.05, 0) is 48.0 Å². The van der Waals surface area contributed by atoms with E-state index in [2.05, 4.69) is 0 Å². The van der Waals surface area contributed by atoms with E-state index in [-0.39, 0.29) is 32.1 Å². The molecule has 0 aromatic rings. The van der Waals surface area contributed by atoms with Crippen molar-refractivity contribution < 1.29 is 38.3 Å². The second-order valence-corrected chi connectivity index (χ2v) is 8.60. The summed E-state index contributed by atoms with van der Waals surface area (Å²) in [4.78, 5) is 64.3. The van der Waals surface area contributed by atoms with E-state index in [9.17, 15) is 24.0 Å². The number of carbonyl (C=O) groups is 5. The zero-order valence-corrected chi connectivity index (χ0v) is 17.3. The Morgan fingerprint density at radius 3 is 1.86 bits per heavy atom. The number of rotatable bonds is 7. The molecule has 1 atom stereocenters. The van der Waals surface area contributed by atoms with Crippen LogP contribution in [0.2, 0.25) is 0 Å². The topological polar surface area (TPSA) is 116 Å². The third-order valence-electron chi connectivity index (χ3n) is 3.47. The predicted octanol–water partition coefficient (Wildman–Crippen LogP) is 2.06. The first-order valence-electron chi connectivity index (χ1n) is 9.19. The van der Waals surface area contributed by atoms with Gasteiger partial charge in [0.2, 0.25) is 0 Å². The van der Waals surface area contributed by atoms with Crippen molar-refractivity contribution in [2.75, 3.05) is 0 Å². The maximum absolute atomic E-state index is 12.4. The van der Waals surface area contributed by atoms with Gasteiger partial charge in [0, 0.05) is 19.3 Å². The third kappa shape index (κ3) is 8.49. The van der Waals surface area contributed by atoms with Crippen LogP contribution in [0.25, 0.3) is 0 Å². The van der Waals surface area contributed by atoms with Crippen molar-refractivity contribution in [1.82, 2.24) is 5.06 Å². The summed E-state index contributed by atoms with van der Waals surface area (Å²) in [6.07, 6.45) is -0.607. The predicted molar refractivity (Wildman–Crippen MR) is 96.2 cm³/mol. The van der Waals surface area contributed by atoms with E-state index in [1.165, 1.54) is 0 Å². The molecule has 1 unspecified atom stereocenters. The van der Waals surface area contributed by atoms with Crippen LogP contribution in [0, 0.1) is 5.92 Å². The first kappa shape index (κ1) is 23.6. The molecule has 0 saturated carbocycles. The Kier molecular flexibility index (Phi) is 7.72. The lowest BCUT2D eigenvalue weighted by molar-refractivity contribution is -0.197. The van der Waals surface area contributed by atoms with Gasteiger partial charge in [-0.3, -0.25) is 19.2 Å². The van der Waals surface area contributed by atoms with E-state index in [1.54, 1.807) is 41.5 Å². The first-order valence-corrected chi connectivity index (χ1v) is 9.19. The van der Waals surface area contributed by atoms with Gasteiger partial charge in [-0.1, -0.05) is 0 Å². The average Bonchev–Trinajstić information content (AvgIpc) is 2.79. The van der Waals surface area contributed by atoms with Crippen LogP contribution in [0.15, 0.2) is 0 Å². The molecule has 0 radical (unpaired) electrons. The quantitative estimate of drug-likeness (QED) is 0.472. The highest BCUT2D eigenvalue weighted by Gasteiger charge is 2.34. The number of hydrogen-bond acceptors (Lipinski definition) is 8. The second-order valence-electron chi connectivity index (χ2n) is 8.60. The van der Waals surface area contributed by atoms with E-state index in [0.29, 0.717) is 5.06 Å². The molecule has 158 valence electrons. The molecule has 0 N–H and O–H groups in total. The summed E-state index contributed by atoms with van der Waals surface area (Å²) in [5, 5.41) is 0.443. The molecule has 1 rings (SSSR count). The van der Waals surface area contributed by atoms with Crippen molar-refractivity contribution >= 4 is 29.7 Å². The summed E-state index contributed by atoms with van der Waals surface area (Å²) in [5.41, 5.74) is -1.48. The van der Waals surface area contributed by atoms with Crippen LogP contribution in [0.4, 0.5) is 0 Å². The highest BCUT2D eigenvalue weighted by atomic mass is 16.7. The number of amides is 2. The lowest BCUT2D eigenvalue weighted by Gasteiger charge is -2.25. The average molecular weight is 399 g/mol. The van der Waals surface area contributed by atoms with E-state index in [0.717, 1.165) is 0 Å². The van der Waals surface area contributed by atoms with Crippen LogP contribution in [0.3, 0.4) is 0 Å². The Hall–Kier alpha value is -2.45. The summed E-state index contributed by atoms with van der Waals surface area (Å²) in [6, 6.07) is 0. The number of hydroxylamine groups is 2. The SMILES string of the molecule is CC(C)(C)OC(=O)CC(CCC(=O)ON1C(=O)CCC1=O)C(=O)OC(C)(C)C. The Balaban J connectivity index is 2.71. The van der Waals surface area contributed by atoms with Crippen LogP contribution >= 0.6 is 0 Å². The Labute approximate surface area is 164 Å². The number of imide groups is 1. The third-order valence-corrected chi connectivity index (χ3v) is 3.47. The minimum absolute atomic E-state index is 0.00864. The van der Waals surface area contributed by atoms with Crippen LogP contribution in [-0.2, 0) is 38.3 Å². The van der Waals surface area contributed by atoms with Gasteiger partial charge >= 0.3 is 17.9 Å². The van der Waals surface area contributed by atoms with Gasteiger partial charge < -0.3 is 14.3 Å². The summed E-state index contributed by atoms with van der Waals surface area (Å²) >= 11 is 0. The molecule has 0 aromatic heterocycles. The monoisotopic (exact) mass is 399 g/mol. The highest BCUT2D eigenvalue weighted by molar-refractivity contribution is 6.01. The normalized spacial score (nSPS) is 16.0. The van der Waals surface area contributed by atoms with Gasteiger partial charge in [0.1, 0.15) is 11.2 Å². The smallest absolute Gasteiger partial charge is 0.333 e. The zero-order chi connectivity index (χ0) is 21.7. The lowest BCUT2D eigenvalue weighted by atomic mass is 9.99. The molecular weight excluding hydrogens is 370 g/mol. The minimum atomic E-state index is -0.924. The maximum Gasteiger partial charge on any atom is 0.333 e. The van der Waals surface area contributed by atoms with Gasteiger partial charge in [0.25, 0.3) is 11.8 Å². The number of nitrogens with zero attached hydrogens (tertiary/aromatic N) is 1. The Morgan fingerprint density at radius 1 is 0.893 bits per heavy atom. The van der Waals surface area contributed by atoms with Gasteiger partial charge in [0.05, 0.1) is 12.3 Å². The lowest BCUT2D eigenvalue weighted by Crippen LogP contribution is -2.34. The maximum atomic E-state index is 12.4. The summed E-state index contributed by atoms with van der Waals surface area (Å²) in [7, 11) is 0. The van der Waals surface area contributed by atoms with Crippen molar-refractivity contribution in [3.8, 4) is 0 Å². The number of ether oxygens (including phenoxy) is 2. The van der Waals surface area contributed by atoms with Crippen molar-refractivity contribution in [2.24, 2.45) is 5.92 Å². The van der Waals surface area contributed by atoms with Crippen molar-refractivity contribution in [2.45, 2.75) is 84.8 Å². The van der Waals surface area contributed by atoms with E-state index < -0.39 is 46.8 Å². The minimum Gasteiger partial charge on any atom is -0.460 e. The molecule has 9 nitrogen and oxygen atoms in total. The van der Waals surface area contributed by atoms with Gasteiger partial charge in [-0.2, -0.15) is 0 Å². The molecule has 0 bridgehead atoms. The Bertz CT molecular complexity index is 625. The standard InChI is InChI=1S/C19H29NO8/c1-18(2,3)26-16(24)11-12(17(25)27-19(4,5)6)7-10-15(23)28-20-13(21)8-9-14(20)22/h12H,7-11H2,1-6H3. The van der Waals surface area contributed by atoms with Crippen molar-refractivity contribution in [3.63, 3.8) is 0 Å². The van der Waals surface area contributed by atoms with Crippen molar-refractivity contribution in [3.05, 3.63) is 0 Å². The number of esters is 2. The van der Waals surface area contributed by atoms with Crippen molar-refractivity contribution in [1.29, 1.82) is 0 Å². The van der Waals surface area contributed by atoms with E-state index >= 15 is 0 Å². The van der Waals surface area contributed by atoms with Crippen LogP contribution in [0.1, 0.15) is 73.6 Å². The van der Waals surface area contributed by atoms with Crippen LogP contribution in [0.5, 0.6) is 0 Å². The molecule has 0 aliphatic carbocycles. The molecule has 1 aliphatic rings. The second kappa shape index (κ2) is 9.16. The summed E-state index contributed by atoms with van der Waals surface area (Å²) < 4.78 is 10.5. The molecule has 28 heavy (non-hydrogen) atoms. The first-order chi connectivity index (χ1) is 12.7. The molecule has 0 spiro atoms. The van der Waals surface area contributed by atoms with E-state index in [4.69, 9.17) is 14.3 Å². The Morgan fingerprint density at radius 2 is 1.39 bits per heavy atom. The molecule has 9 heteroatoms. The fourth-order valence-electron chi connectivity index (χ4n) is 2.37. The summed E-state index contributed by atoms with van der Waals surface area (Å²) in [6.45, 7) is 10.2. The largest absolute Gasteiger partial charge is 0.460 e. The number of carbonyl (C=O) groups excluding carboxylic acids is 5. The van der Waals surface area contributed by atoms with Gasteiger partial charge in [-0.25, -0.2) is 4.79 Å². The molecule has 2 amide bonds. The molecule has 1 fully saturated rings. The molecule has 1 saturated heterocycles. The molecule has 1 heterocycles. The van der Waals surface area contributed by atoms with E-state index in [1.807, 2.05) is 0 Å². The zero-order valence-electron chi connectivity index (χ0n) is 17.3. The van der Waals surface area contributed by atoms with Crippen LogP contribution in [-0.4, -0.2) is 46.0 Å². The van der Waals surface area contributed by atoms with Gasteiger partial charge in [-0.15, -0.1) is 5.06 Å². The molecule has 0 aromatic carbocycles. The molecular formula is C19H29NO8. The molecule has 1 aliphatic heterocycles. The fourth-order valence-corrected chi connectivity index (χ4v) is 2.37. The van der Waals surface area contributed by atoms with Crippen LogP contribution < -0.4 is 0 Å². The van der Waals surface area contributed by atoms with Gasteiger partial charge in [0.15, 0.2) is 0 Å². The number of hydrogen-bond donors (Lipinski definition) is 0. The highest BCUT2D eigenvalue weighted by Crippen LogP contribution is 2.21. The fraction of sp³-hybridized carbons (Fsp3) is 0.737.